The fraction of sp³-hybridized carbons (Fsp3) is 0.857. The minimum absolute atomic E-state index is 0.589. The second kappa shape index (κ2) is 8.27. The summed E-state index contributed by atoms with van der Waals surface area (Å²) >= 11 is 0. The third-order valence-corrected chi connectivity index (χ3v) is 3.83. The van der Waals surface area contributed by atoms with Gasteiger partial charge in [-0.2, -0.15) is 0 Å². The van der Waals surface area contributed by atoms with E-state index in [2.05, 4.69) is 27.9 Å². The molecular formula is C14H27N5. The molecule has 2 atom stereocenters. The Bertz CT molecular complexity index is 317. The van der Waals surface area contributed by atoms with E-state index in [1.165, 1.54) is 38.6 Å². The van der Waals surface area contributed by atoms with E-state index in [9.17, 15) is 0 Å². The summed E-state index contributed by atoms with van der Waals surface area (Å²) in [5.41, 5.74) is 0. The molecule has 0 radical (unpaired) electrons. The van der Waals surface area contributed by atoms with Gasteiger partial charge in [0.25, 0.3) is 0 Å². The molecule has 1 saturated heterocycles. The Kier molecular flexibility index (Phi) is 6.30. The van der Waals surface area contributed by atoms with E-state index in [0.29, 0.717) is 12.1 Å². The molecular weight excluding hydrogens is 238 g/mol. The Morgan fingerprint density at radius 3 is 3.21 bits per heavy atom. The molecule has 108 valence electrons. The number of aromatic nitrogens is 3. The summed E-state index contributed by atoms with van der Waals surface area (Å²) in [5.74, 6) is 0. The largest absolute Gasteiger partial charge is 0.314 e. The lowest BCUT2D eigenvalue weighted by Gasteiger charge is -2.21. The second-order valence-corrected chi connectivity index (χ2v) is 5.61. The molecule has 19 heavy (non-hydrogen) atoms. The molecule has 1 aromatic heterocycles. The molecule has 0 spiro atoms. The second-order valence-electron chi connectivity index (χ2n) is 5.61. The SMILES string of the molecule is CC(CC1CCCCCN1)NCCCn1ccnn1. The lowest BCUT2D eigenvalue weighted by atomic mass is 10.0. The molecule has 1 fully saturated rings. The average Bonchev–Trinajstić information content (AvgIpc) is 2.79. The van der Waals surface area contributed by atoms with E-state index in [-0.39, 0.29) is 0 Å². The van der Waals surface area contributed by atoms with Crippen LogP contribution in [0.5, 0.6) is 0 Å². The summed E-state index contributed by atoms with van der Waals surface area (Å²) in [4.78, 5) is 0. The normalized spacial score (nSPS) is 22.1. The molecule has 2 heterocycles. The summed E-state index contributed by atoms with van der Waals surface area (Å²) in [6, 6.07) is 1.30. The quantitative estimate of drug-likeness (QED) is 0.735. The van der Waals surface area contributed by atoms with Gasteiger partial charge in [-0.1, -0.05) is 18.1 Å². The molecule has 1 aliphatic heterocycles. The van der Waals surface area contributed by atoms with Crippen molar-refractivity contribution >= 4 is 0 Å². The summed E-state index contributed by atoms with van der Waals surface area (Å²) < 4.78 is 1.89. The van der Waals surface area contributed by atoms with E-state index in [4.69, 9.17) is 0 Å². The molecule has 1 aliphatic rings. The minimum Gasteiger partial charge on any atom is -0.314 e. The van der Waals surface area contributed by atoms with E-state index < -0.39 is 0 Å². The monoisotopic (exact) mass is 265 g/mol. The zero-order chi connectivity index (χ0) is 13.3. The van der Waals surface area contributed by atoms with Gasteiger partial charge in [-0.25, -0.2) is 0 Å². The van der Waals surface area contributed by atoms with Crippen LogP contribution in [0.25, 0.3) is 0 Å². The van der Waals surface area contributed by atoms with Gasteiger partial charge in [0.1, 0.15) is 0 Å². The number of aryl methyl sites for hydroxylation is 1. The Labute approximate surface area is 116 Å². The van der Waals surface area contributed by atoms with Gasteiger partial charge in [0.15, 0.2) is 0 Å². The fourth-order valence-electron chi connectivity index (χ4n) is 2.75. The summed E-state index contributed by atoms with van der Waals surface area (Å²) in [6.45, 7) is 5.49. The molecule has 0 saturated carbocycles. The van der Waals surface area contributed by atoms with Crippen molar-refractivity contribution in [3.8, 4) is 0 Å². The summed E-state index contributed by atoms with van der Waals surface area (Å²) in [6.07, 6.45) is 11.4. The van der Waals surface area contributed by atoms with E-state index in [1.54, 1.807) is 6.20 Å². The highest BCUT2D eigenvalue weighted by Gasteiger charge is 2.14. The molecule has 0 aromatic carbocycles. The van der Waals surface area contributed by atoms with Gasteiger partial charge in [0, 0.05) is 24.8 Å². The maximum atomic E-state index is 3.97. The van der Waals surface area contributed by atoms with Gasteiger partial charge in [-0.05, 0) is 45.7 Å². The highest BCUT2D eigenvalue weighted by molar-refractivity contribution is 4.76. The highest BCUT2D eigenvalue weighted by Crippen LogP contribution is 2.12. The Morgan fingerprint density at radius 1 is 1.42 bits per heavy atom. The van der Waals surface area contributed by atoms with Crippen LogP contribution < -0.4 is 10.6 Å². The predicted molar refractivity (Wildman–Crippen MR) is 77.0 cm³/mol. The van der Waals surface area contributed by atoms with Crippen LogP contribution in [0.4, 0.5) is 0 Å². The van der Waals surface area contributed by atoms with Gasteiger partial charge in [0.05, 0.1) is 6.20 Å². The van der Waals surface area contributed by atoms with Gasteiger partial charge in [-0.3, -0.25) is 4.68 Å². The van der Waals surface area contributed by atoms with Crippen molar-refractivity contribution in [3.63, 3.8) is 0 Å². The topological polar surface area (TPSA) is 54.8 Å². The smallest absolute Gasteiger partial charge is 0.0692 e. The number of hydrogen-bond acceptors (Lipinski definition) is 4. The molecule has 1 aromatic rings. The van der Waals surface area contributed by atoms with Crippen LogP contribution in [0.3, 0.4) is 0 Å². The third kappa shape index (κ3) is 5.70. The zero-order valence-electron chi connectivity index (χ0n) is 12.0. The molecule has 2 N–H and O–H groups in total. The Hall–Kier alpha value is -0.940. The van der Waals surface area contributed by atoms with Crippen molar-refractivity contribution in [2.24, 2.45) is 0 Å². The number of hydrogen-bond donors (Lipinski definition) is 2. The lowest BCUT2D eigenvalue weighted by molar-refractivity contribution is 0.396. The van der Waals surface area contributed by atoms with E-state index in [0.717, 1.165) is 19.5 Å². The van der Waals surface area contributed by atoms with Crippen LogP contribution in [-0.2, 0) is 6.54 Å². The fourth-order valence-corrected chi connectivity index (χ4v) is 2.75. The molecule has 0 amide bonds. The Morgan fingerprint density at radius 2 is 2.37 bits per heavy atom. The van der Waals surface area contributed by atoms with Crippen LogP contribution in [0.2, 0.25) is 0 Å². The van der Waals surface area contributed by atoms with Crippen molar-refractivity contribution in [2.75, 3.05) is 13.1 Å². The predicted octanol–water partition coefficient (Wildman–Crippen LogP) is 1.57. The molecule has 5 heteroatoms. The maximum absolute atomic E-state index is 3.97. The van der Waals surface area contributed by atoms with Crippen molar-refractivity contribution in [1.29, 1.82) is 0 Å². The Balaban J connectivity index is 1.54. The van der Waals surface area contributed by atoms with Crippen LogP contribution in [-0.4, -0.2) is 40.2 Å². The standard InChI is InChI=1S/C14H27N5/c1-13(12-14-6-3-2-4-7-16-14)15-8-5-10-19-11-9-17-18-19/h9,11,13-16H,2-8,10,12H2,1H3. The molecule has 2 unspecified atom stereocenters. The van der Waals surface area contributed by atoms with Crippen LogP contribution >= 0.6 is 0 Å². The molecule has 2 rings (SSSR count). The first-order valence-corrected chi connectivity index (χ1v) is 7.65. The number of nitrogens with one attached hydrogen (secondary N) is 2. The molecule has 0 aliphatic carbocycles. The minimum atomic E-state index is 0.589. The van der Waals surface area contributed by atoms with Crippen LogP contribution in [0.1, 0.15) is 45.4 Å². The first kappa shape index (κ1) is 14.5. The van der Waals surface area contributed by atoms with Crippen LogP contribution in [0, 0.1) is 0 Å². The van der Waals surface area contributed by atoms with Gasteiger partial charge >= 0.3 is 0 Å². The number of nitrogens with zero attached hydrogens (tertiary/aromatic N) is 3. The van der Waals surface area contributed by atoms with Crippen molar-refractivity contribution in [3.05, 3.63) is 12.4 Å². The average molecular weight is 265 g/mol. The third-order valence-electron chi connectivity index (χ3n) is 3.83. The first-order chi connectivity index (χ1) is 9.34. The molecule has 0 bridgehead atoms. The summed E-state index contributed by atoms with van der Waals surface area (Å²) in [5, 5.41) is 15.0. The van der Waals surface area contributed by atoms with Gasteiger partial charge in [-0.15, -0.1) is 5.10 Å². The van der Waals surface area contributed by atoms with Crippen LogP contribution in [0.15, 0.2) is 12.4 Å². The van der Waals surface area contributed by atoms with Gasteiger partial charge < -0.3 is 10.6 Å². The summed E-state index contributed by atoms with van der Waals surface area (Å²) in [7, 11) is 0. The van der Waals surface area contributed by atoms with Crippen molar-refractivity contribution < 1.29 is 0 Å². The van der Waals surface area contributed by atoms with Gasteiger partial charge in [0.2, 0.25) is 0 Å². The van der Waals surface area contributed by atoms with Crippen molar-refractivity contribution in [1.82, 2.24) is 25.6 Å². The van der Waals surface area contributed by atoms with Crippen molar-refractivity contribution in [2.45, 2.75) is 64.1 Å². The highest BCUT2D eigenvalue weighted by atomic mass is 15.4. The number of rotatable bonds is 7. The zero-order valence-corrected chi connectivity index (χ0v) is 12.0. The van der Waals surface area contributed by atoms with E-state index in [1.807, 2.05) is 10.9 Å². The first-order valence-electron chi connectivity index (χ1n) is 7.65. The molecule has 5 nitrogen and oxygen atoms in total. The lowest BCUT2D eigenvalue weighted by Crippen LogP contribution is -2.37. The maximum Gasteiger partial charge on any atom is 0.0692 e. The van der Waals surface area contributed by atoms with E-state index >= 15 is 0 Å².